The van der Waals surface area contributed by atoms with E-state index in [-0.39, 0.29) is 10.6 Å². The van der Waals surface area contributed by atoms with Crippen LogP contribution in [0, 0.1) is 0 Å². The molecule has 0 aliphatic rings. The van der Waals surface area contributed by atoms with Gasteiger partial charge in [-0.2, -0.15) is 5.11 Å². The maximum absolute atomic E-state index is 11.7. The zero-order chi connectivity index (χ0) is 17.2. The van der Waals surface area contributed by atoms with Crippen molar-refractivity contribution in [2.45, 2.75) is 4.90 Å². The summed E-state index contributed by atoms with van der Waals surface area (Å²) in [6.07, 6.45) is 0. The van der Waals surface area contributed by atoms with Gasteiger partial charge in [-0.15, -0.1) is 5.11 Å². The summed E-state index contributed by atoms with van der Waals surface area (Å²) in [5.74, 6) is 0.0308. The summed E-state index contributed by atoms with van der Waals surface area (Å²) in [6.45, 7) is 3.29. The van der Waals surface area contributed by atoms with E-state index in [0.717, 1.165) is 16.2 Å². The molecule has 0 radical (unpaired) electrons. The fourth-order valence-corrected chi connectivity index (χ4v) is 2.96. The third-order valence-corrected chi connectivity index (χ3v) is 4.90. The zero-order valence-corrected chi connectivity index (χ0v) is 13.4. The van der Waals surface area contributed by atoms with Crippen LogP contribution in [-0.2, 0) is 9.84 Å². The molecule has 5 nitrogen and oxygen atoms in total. The summed E-state index contributed by atoms with van der Waals surface area (Å²) in [5.41, 5.74) is 0.848. The summed E-state index contributed by atoms with van der Waals surface area (Å²) < 4.78 is 23.4. The Morgan fingerprint density at radius 2 is 1.62 bits per heavy atom. The number of phenols is 1. The van der Waals surface area contributed by atoms with Crippen molar-refractivity contribution in [3.05, 3.63) is 72.7 Å². The molecule has 120 valence electrons. The van der Waals surface area contributed by atoms with E-state index in [4.69, 9.17) is 0 Å². The van der Waals surface area contributed by atoms with Crippen LogP contribution in [0.25, 0.3) is 10.8 Å². The highest BCUT2D eigenvalue weighted by molar-refractivity contribution is 7.94. The number of fused-ring (bicyclic) bond motifs is 1. The number of aromatic hydroxyl groups is 1. The number of azo groups is 1. The van der Waals surface area contributed by atoms with Gasteiger partial charge in [-0.1, -0.05) is 36.9 Å². The van der Waals surface area contributed by atoms with Crippen LogP contribution in [0.3, 0.4) is 0 Å². The number of nitrogens with zero attached hydrogens (tertiary/aromatic N) is 2. The third-order valence-electron chi connectivity index (χ3n) is 3.53. The van der Waals surface area contributed by atoms with E-state index in [1.807, 2.05) is 24.3 Å². The van der Waals surface area contributed by atoms with E-state index in [1.54, 1.807) is 24.3 Å². The second-order valence-corrected chi connectivity index (χ2v) is 6.95. The standard InChI is InChI=1S/C18H14N2O3S/c1-2-24(22,23)15-10-8-14(9-11-15)19-20-18-16-6-4-3-5-13(16)7-12-17(18)21/h2-12,21H,1H2. The number of sulfone groups is 1. The maximum Gasteiger partial charge on any atom is 0.199 e. The van der Waals surface area contributed by atoms with Crippen molar-refractivity contribution < 1.29 is 13.5 Å². The number of hydrogen-bond donors (Lipinski definition) is 1. The van der Waals surface area contributed by atoms with Crippen LogP contribution in [0.5, 0.6) is 5.75 Å². The van der Waals surface area contributed by atoms with Crippen molar-refractivity contribution >= 4 is 32.0 Å². The first-order valence-electron chi connectivity index (χ1n) is 7.11. The van der Waals surface area contributed by atoms with Gasteiger partial charge < -0.3 is 5.11 Å². The van der Waals surface area contributed by atoms with Gasteiger partial charge in [0.2, 0.25) is 0 Å². The van der Waals surface area contributed by atoms with E-state index in [9.17, 15) is 13.5 Å². The quantitative estimate of drug-likeness (QED) is 0.689. The molecule has 0 saturated heterocycles. The minimum Gasteiger partial charge on any atom is -0.506 e. The first-order valence-corrected chi connectivity index (χ1v) is 8.66. The molecule has 0 bridgehead atoms. The molecule has 24 heavy (non-hydrogen) atoms. The molecule has 0 amide bonds. The Morgan fingerprint density at radius 1 is 0.917 bits per heavy atom. The largest absolute Gasteiger partial charge is 0.506 e. The van der Waals surface area contributed by atoms with E-state index in [1.165, 1.54) is 12.1 Å². The lowest BCUT2D eigenvalue weighted by Gasteiger charge is -2.03. The van der Waals surface area contributed by atoms with Crippen LogP contribution >= 0.6 is 0 Å². The van der Waals surface area contributed by atoms with Crippen molar-refractivity contribution in [1.29, 1.82) is 0 Å². The Hall–Kier alpha value is -2.99. The molecule has 0 heterocycles. The topological polar surface area (TPSA) is 79.1 Å². The molecular formula is C18H14N2O3S. The smallest absolute Gasteiger partial charge is 0.199 e. The fourth-order valence-electron chi connectivity index (χ4n) is 2.26. The van der Waals surface area contributed by atoms with Crippen LogP contribution in [0.4, 0.5) is 11.4 Å². The van der Waals surface area contributed by atoms with E-state index < -0.39 is 9.84 Å². The highest BCUT2D eigenvalue weighted by atomic mass is 32.2. The first-order chi connectivity index (χ1) is 11.5. The van der Waals surface area contributed by atoms with Gasteiger partial charge in [0, 0.05) is 10.8 Å². The van der Waals surface area contributed by atoms with Gasteiger partial charge in [0.05, 0.1) is 10.6 Å². The highest BCUT2D eigenvalue weighted by Gasteiger charge is 2.09. The van der Waals surface area contributed by atoms with Crippen LogP contribution < -0.4 is 0 Å². The minimum absolute atomic E-state index is 0.0308. The van der Waals surface area contributed by atoms with E-state index in [0.29, 0.717) is 11.4 Å². The molecule has 0 aliphatic heterocycles. The zero-order valence-electron chi connectivity index (χ0n) is 12.6. The summed E-state index contributed by atoms with van der Waals surface area (Å²) in [7, 11) is -3.47. The Morgan fingerprint density at radius 3 is 2.33 bits per heavy atom. The number of hydrogen-bond acceptors (Lipinski definition) is 5. The van der Waals surface area contributed by atoms with Crippen LogP contribution in [0.15, 0.2) is 87.8 Å². The Kier molecular flexibility index (Phi) is 4.14. The van der Waals surface area contributed by atoms with Crippen molar-refractivity contribution in [2.75, 3.05) is 0 Å². The van der Waals surface area contributed by atoms with E-state index >= 15 is 0 Å². The molecule has 6 heteroatoms. The molecule has 3 aromatic carbocycles. The van der Waals surface area contributed by atoms with Crippen molar-refractivity contribution in [1.82, 2.24) is 0 Å². The van der Waals surface area contributed by atoms with Gasteiger partial charge in [0.1, 0.15) is 11.4 Å². The Bertz CT molecular complexity index is 1040. The van der Waals surface area contributed by atoms with Crippen molar-refractivity contribution in [3.63, 3.8) is 0 Å². The Labute approximate surface area is 139 Å². The predicted octanol–water partition coefficient (Wildman–Crippen LogP) is 4.88. The molecule has 0 saturated carbocycles. The normalized spacial score (nSPS) is 11.8. The Balaban J connectivity index is 1.97. The van der Waals surface area contributed by atoms with Gasteiger partial charge in [0.15, 0.2) is 9.84 Å². The average molecular weight is 338 g/mol. The highest BCUT2D eigenvalue weighted by Crippen LogP contribution is 2.36. The molecule has 0 fully saturated rings. The molecule has 0 spiro atoms. The maximum atomic E-state index is 11.7. The molecule has 0 atom stereocenters. The SMILES string of the molecule is C=CS(=O)(=O)c1ccc(N=Nc2c(O)ccc3ccccc23)cc1. The van der Waals surface area contributed by atoms with Gasteiger partial charge in [0.25, 0.3) is 0 Å². The lowest BCUT2D eigenvalue weighted by atomic mass is 10.1. The molecule has 0 aliphatic carbocycles. The summed E-state index contributed by atoms with van der Waals surface area (Å²) in [4.78, 5) is 0.143. The lowest BCUT2D eigenvalue weighted by molar-refractivity contribution is 0.477. The van der Waals surface area contributed by atoms with Crippen LogP contribution in [0.1, 0.15) is 0 Å². The third kappa shape index (κ3) is 3.04. The number of benzene rings is 3. The summed E-state index contributed by atoms with van der Waals surface area (Å²) >= 11 is 0. The van der Waals surface area contributed by atoms with Gasteiger partial charge in [-0.3, -0.25) is 0 Å². The predicted molar refractivity (Wildman–Crippen MR) is 93.6 cm³/mol. The van der Waals surface area contributed by atoms with Gasteiger partial charge in [-0.25, -0.2) is 8.42 Å². The summed E-state index contributed by atoms with van der Waals surface area (Å²) in [5, 5.41) is 20.9. The van der Waals surface area contributed by atoms with Crippen molar-refractivity contribution in [3.8, 4) is 5.75 Å². The summed E-state index contributed by atoms with van der Waals surface area (Å²) in [6, 6.07) is 16.9. The van der Waals surface area contributed by atoms with Crippen molar-refractivity contribution in [2.24, 2.45) is 10.2 Å². The molecular weight excluding hydrogens is 324 g/mol. The molecule has 3 rings (SSSR count). The molecule has 0 aromatic heterocycles. The number of phenolic OH excluding ortho intramolecular Hbond substituents is 1. The fraction of sp³-hybridized carbons (Fsp3) is 0. The lowest BCUT2D eigenvalue weighted by Crippen LogP contribution is -1.94. The van der Waals surface area contributed by atoms with E-state index in [2.05, 4.69) is 16.8 Å². The van der Waals surface area contributed by atoms with Gasteiger partial charge in [-0.05, 0) is 35.7 Å². The second-order valence-electron chi connectivity index (χ2n) is 5.06. The second kappa shape index (κ2) is 6.25. The van der Waals surface area contributed by atoms with Gasteiger partial charge >= 0.3 is 0 Å². The first kappa shape index (κ1) is 15.9. The molecule has 0 unspecified atom stereocenters. The van der Waals surface area contributed by atoms with Crippen LogP contribution in [0.2, 0.25) is 0 Å². The minimum atomic E-state index is -3.47. The van der Waals surface area contributed by atoms with Crippen LogP contribution in [-0.4, -0.2) is 13.5 Å². The monoisotopic (exact) mass is 338 g/mol. The number of rotatable bonds is 4. The molecule has 3 aromatic rings. The molecule has 1 N–H and O–H groups in total. The average Bonchev–Trinajstić information content (AvgIpc) is 2.61.